The number of aromatic hydroxyl groups is 4. The highest BCUT2D eigenvalue weighted by molar-refractivity contribution is 8.93. The van der Waals surface area contributed by atoms with E-state index in [-0.39, 0.29) is 74.1 Å². The molecule has 4 heterocycles. The maximum Gasteiger partial charge on any atom is 0.115 e. The Balaban J connectivity index is 0.000000139. The van der Waals surface area contributed by atoms with Crippen LogP contribution in [0.15, 0.2) is 72.8 Å². The van der Waals surface area contributed by atoms with Gasteiger partial charge < -0.3 is 80.1 Å². The minimum absolute atomic E-state index is 0. The van der Waals surface area contributed by atoms with Crippen LogP contribution in [0.2, 0.25) is 0 Å². The van der Waals surface area contributed by atoms with E-state index in [1.807, 2.05) is 24.3 Å². The highest BCUT2D eigenvalue weighted by Crippen LogP contribution is 2.59. The number of fused-ring (bicyclic) bond motifs is 4. The van der Waals surface area contributed by atoms with Gasteiger partial charge in [-0.05, 0) is 209 Å². The lowest BCUT2D eigenvalue weighted by molar-refractivity contribution is -0.919. The molecule has 448 valence electrons. The Morgan fingerprint density at radius 1 is 0.395 bits per heavy atom. The van der Waals surface area contributed by atoms with E-state index in [1.165, 1.54) is 225 Å². The maximum absolute atomic E-state index is 9.92. The largest absolute Gasteiger partial charge is 1.00 e. The predicted molar refractivity (Wildman–Crippen MR) is 330 cm³/mol. The summed E-state index contributed by atoms with van der Waals surface area (Å²) in [6.07, 6.45) is 32.0. The fraction of sp³-hybridized carbons (Fsp3) is 0.647. The first-order valence-electron chi connectivity index (χ1n) is 31.2. The molecule has 13 heteroatoms. The summed E-state index contributed by atoms with van der Waals surface area (Å²) in [4.78, 5) is 8.65. The summed E-state index contributed by atoms with van der Waals surface area (Å²) >= 11 is 0. The van der Waals surface area contributed by atoms with E-state index in [9.17, 15) is 20.4 Å². The summed E-state index contributed by atoms with van der Waals surface area (Å²) < 4.78 is 0. The van der Waals surface area contributed by atoms with Crippen molar-refractivity contribution in [3.8, 4) is 23.0 Å². The second-order valence-electron chi connectivity index (χ2n) is 27.7. The summed E-state index contributed by atoms with van der Waals surface area (Å²) in [5.74, 6) is 5.16. The average Bonchev–Trinajstić information content (AvgIpc) is 3.61. The molecule has 16 rings (SSSR count). The van der Waals surface area contributed by atoms with E-state index >= 15 is 0 Å². The normalized spacial score (nSPS) is 36.5. The van der Waals surface area contributed by atoms with Crippen molar-refractivity contribution in [2.45, 2.75) is 200 Å². The van der Waals surface area contributed by atoms with Crippen molar-refractivity contribution >= 4 is 34.0 Å². The first kappa shape index (κ1) is 64.8. The highest BCUT2D eigenvalue weighted by Gasteiger charge is 2.58. The molecule has 4 aromatic rings. The summed E-state index contributed by atoms with van der Waals surface area (Å²) in [5.41, 5.74) is 13.5. The molecule has 0 aromatic heterocycles. The molecule has 4 saturated carbocycles. The van der Waals surface area contributed by atoms with Crippen LogP contribution in [0.4, 0.5) is 0 Å². The van der Waals surface area contributed by atoms with Crippen LogP contribution >= 0.6 is 34.0 Å². The van der Waals surface area contributed by atoms with Gasteiger partial charge in [0.05, 0.1) is 39.3 Å². The molecule has 8 aliphatic carbocycles. The van der Waals surface area contributed by atoms with Gasteiger partial charge in [-0.1, -0.05) is 75.6 Å². The average molecular weight is 1370 g/mol. The first-order chi connectivity index (χ1) is 36.8. The number of nitrogens with one attached hydrogen (secondary N) is 2. The zero-order valence-electron chi connectivity index (χ0n) is 49.3. The lowest BCUT2D eigenvalue weighted by Gasteiger charge is -2.58. The number of benzene rings is 4. The molecule has 2 unspecified atom stereocenters. The monoisotopic (exact) mass is 1370 g/mol. The molecule has 9 N–H and O–H groups in total. The molecular weight excluding hydrogens is 1270 g/mol. The van der Waals surface area contributed by atoms with Gasteiger partial charge in [-0.15, -0.1) is 34.0 Å². The lowest BCUT2D eigenvalue weighted by atomic mass is 9.52. The molecule has 8 fully saturated rings. The Labute approximate surface area is 528 Å². The number of hydrogen-bond donors (Lipinski definition) is 7. The van der Waals surface area contributed by atoms with Crippen molar-refractivity contribution in [2.75, 3.05) is 54.4 Å². The topological polar surface area (TPSA) is 131 Å². The maximum atomic E-state index is 9.92. The van der Waals surface area contributed by atoms with Crippen LogP contribution in [0.25, 0.3) is 0 Å². The Hall–Kier alpha value is -2.20. The number of nitrogens with zero attached hydrogens (tertiary/aromatic N) is 2. The number of hydrogen-bond acceptors (Lipinski definition) is 7. The molecule has 0 amide bonds. The van der Waals surface area contributed by atoms with Crippen molar-refractivity contribution in [1.29, 1.82) is 0 Å². The molecule has 12 aliphatic rings. The van der Waals surface area contributed by atoms with Gasteiger partial charge in [0, 0.05) is 71.3 Å². The third-order valence-electron chi connectivity index (χ3n) is 24.7. The molecule has 9 nitrogen and oxygen atoms in total. The molecule has 0 radical (unpaired) electrons. The van der Waals surface area contributed by atoms with Crippen molar-refractivity contribution in [3.63, 3.8) is 0 Å². The fourth-order valence-electron chi connectivity index (χ4n) is 21.1. The van der Waals surface area contributed by atoms with Crippen molar-refractivity contribution in [2.24, 2.45) is 23.7 Å². The third kappa shape index (κ3) is 11.0. The molecule has 81 heavy (non-hydrogen) atoms. The van der Waals surface area contributed by atoms with Gasteiger partial charge in [-0.3, -0.25) is 0 Å². The van der Waals surface area contributed by atoms with Crippen LogP contribution in [0.1, 0.15) is 173 Å². The van der Waals surface area contributed by atoms with E-state index in [2.05, 4.69) is 86.5 Å². The quantitative estimate of drug-likeness (QED) is 0.135. The van der Waals surface area contributed by atoms with Crippen LogP contribution in [-0.4, -0.2) is 109 Å². The van der Waals surface area contributed by atoms with Gasteiger partial charge in [0.15, 0.2) is 0 Å². The number of halogens is 4. The summed E-state index contributed by atoms with van der Waals surface area (Å²) in [5, 5.41) is 39.7. The fourth-order valence-corrected chi connectivity index (χ4v) is 21.1. The van der Waals surface area contributed by atoms with Gasteiger partial charge >= 0.3 is 0 Å². The van der Waals surface area contributed by atoms with Crippen LogP contribution in [0, 0.1) is 23.7 Å². The van der Waals surface area contributed by atoms with Gasteiger partial charge in [0.1, 0.15) is 23.0 Å². The van der Waals surface area contributed by atoms with Gasteiger partial charge in [-0.2, -0.15) is 0 Å². The molecular formula is C68H99Br4N5O4. The van der Waals surface area contributed by atoms with Gasteiger partial charge in [0.25, 0.3) is 0 Å². The van der Waals surface area contributed by atoms with E-state index in [0.29, 0.717) is 44.7 Å². The van der Waals surface area contributed by atoms with Crippen LogP contribution < -0.4 is 49.9 Å². The zero-order valence-corrected chi connectivity index (χ0v) is 55.9. The number of likely N-dealkylation sites (N-methyl/N-ethyl adjacent to an activating group) is 4. The smallest absolute Gasteiger partial charge is 0.115 e. The van der Waals surface area contributed by atoms with E-state index in [1.54, 1.807) is 9.80 Å². The van der Waals surface area contributed by atoms with E-state index in [0.717, 1.165) is 47.8 Å². The molecule has 4 aliphatic heterocycles. The first-order valence-corrected chi connectivity index (χ1v) is 31.2. The van der Waals surface area contributed by atoms with Crippen LogP contribution in [0.5, 0.6) is 23.0 Å². The molecule has 14 atom stereocenters. The van der Waals surface area contributed by atoms with E-state index in [4.69, 9.17) is 0 Å². The lowest BCUT2D eigenvalue weighted by Crippen LogP contribution is -3.16. The number of rotatable bonds is 0. The zero-order chi connectivity index (χ0) is 52.1. The van der Waals surface area contributed by atoms with Crippen LogP contribution in [-0.2, 0) is 47.3 Å². The predicted octanol–water partition coefficient (Wildman–Crippen LogP) is 4.81. The summed E-state index contributed by atoms with van der Waals surface area (Å²) in [6, 6.07) is 27.6. The van der Waals surface area contributed by atoms with E-state index < -0.39 is 0 Å². The molecule has 8 bridgehead atoms. The number of likely N-dealkylation sites (tertiary alicyclic amines) is 4. The molecule has 4 saturated heterocycles. The van der Waals surface area contributed by atoms with Crippen molar-refractivity contribution < 1.29 is 64.2 Å². The second kappa shape index (κ2) is 25.6. The Bertz CT molecular complexity index is 2450. The second-order valence-corrected chi connectivity index (χ2v) is 27.7. The van der Waals surface area contributed by atoms with Gasteiger partial charge in [0.2, 0.25) is 0 Å². The van der Waals surface area contributed by atoms with Crippen LogP contribution in [0.3, 0.4) is 0 Å². The highest BCUT2D eigenvalue weighted by atomic mass is 79.9. The standard InChI is InChI=1S/4C17H23NO.4BrH.H3N/c4*1-18-9-8-17-7-3-2-4-14(17)16(18)10-12-5-6-13(19)11-15(12)17;;;;;/h4*5-6,11,14,16,19H,2-4,7-10H2,1H3;4*1H;1H3/t4*14-,16+,17+;;;;;/m0000...../s1. The number of piperidine rings is 4. The number of quaternary nitrogens is 2. The summed E-state index contributed by atoms with van der Waals surface area (Å²) in [7, 11) is 9.37. The Morgan fingerprint density at radius 2 is 0.679 bits per heavy atom. The molecule has 4 aromatic carbocycles. The van der Waals surface area contributed by atoms with Crippen molar-refractivity contribution in [3.05, 3.63) is 117 Å². The number of phenols is 4. The van der Waals surface area contributed by atoms with Gasteiger partial charge in [-0.25, -0.2) is 0 Å². The Kier molecular flexibility index (Phi) is 20.5. The SMILES string of the molecule is Br.Br.CN1CC[C@]23CCCC[C@H]2[C@H]1Cc1ccc(O)cc13.CN1CC[C@]23CCCC[C@H]2[C@H]1Cc1ccc(O)cc13.C[NH+]1CC[C@]23CCCC[C@H]2[C@H]1Cc1ccc(O)cc13.C[NH+]1CC[C@]23CCCC[C@H]2[C@H]1Cc1ccc(O)cc13.N.[Br-].[Br-]. The minimum atomic E-state index is 0. The Morgan fingerprint density at radius 3 is 1.00 bits per heavy atom. The minimum Gasteiger partial charge on any atom is -1.00 e. The molecule has 0 spiro atoms. The number of phenolic OH excluding ortho intramolecular Hbond substituents is 4. The third-order valence-corrected chi connectivity index (χ3v) is 24.7. The van der Waals surface area contributed by atoms with Crippen molar-refractivity contribution in [1.82, 2.24) is 16.0 Å². The summed E-state index contributed by atoms with van der Waals surface area (Å²) in [6.45, 7) is 5.04.